The molecule has 0 saturated heterocycles. The van der Waals surface area contributed by atoms with Crippen molar-refractivity contribution in [3.05, 3.63) is 192 Å². The van der Waals surface area contributed by atoms with Crippen LogP contribution in [0.2, 0.25) is 0 Å². The molecule has 4 nitrogen and oxygen atoms in total. The number of phenolic OH excluding ortho intramolecular Hbond substituents is 1. The second kappa shape index (κ2) is 19.5. The van der Waals surface area contributed by atoms with Gasteiger partial charge >= 0.3 is 0 Å². The molecule has 0 bridgehead atoms. The second-order valence-corrected chi connectivity index (χ2v) is 24.6. The van der Waals surface area contributed by atoms with Gasteiger partial charge in [-0.3, -0.25) is 9.55 Å². The van der Waals surface area contributed by atoms with E-state index in [4.69, 9.17) is 14.1 Å². The summed E-state index contributed by atoms with van der Waals surface area (Å²) in [6.45, 7) is 32.4. The Labute approximate surface area is 457 Å². The van der Waals surface area contributed by atoms with Gasteiger partial charge in [-0.2, -0.15) is 0 Å². The van der Waals surface area contributed by atoms with Gasteiger partial charge in [0.1, 0.15) is 11.6 Å². The number of hydrogen-bond donors (Lipinski definition) is 1. The zero-order valence-corrected chi connectivity index (χ0v) is 47.5. The van der Waals surface area contributed by atoms with Crippen molar-refractivity contribution in [3.8, 4) is 78.6 Å². The van der Waals surface area contributed by atoms with Gasteiger partial charge in [-0.15, -0.1) is 29.3 Å². The summed E-state index contributed by atoms with van der Waals surface area (Å²) in [5, 5.41) is 12.7. The Kier molecular flexibility index (Phi) is 12.4. The molecule has 0 atom stereocenters. The van der Waals surface area contributed by atoms with Gasteiger partial charge in [0.15, 0.2) is 0 Å². The molecule has 7 aromatic carbocycles. The molecule has 0 fully saturated rings. The van der Waals surface area contributed by atoms with Crippen LogP contribution in [0.25, 0.3) is 83.9 Å². The SMILES string of the molecule is [2H]c1c([2H])c([2H])c(-c2cc(C(C)(C)C)ccc2-n2c(-c3cc(C(C)(C)C)cc(C(C)(C)C)c3O)nc3c(-c4[c-]c(-c5cc(-c6ccc(-c7ccccc7C(C)(C)C)cc6)ccn5)cc(C(C)(C)C)c4)cccc32)c([2H])c1[2H].[Pt]. The van der Waals surface area contributed by atoms with Crippen LogP contribution in [0.1, 0.15) is 139 Å². The molecule has 376 valence electrons. The number of benzene rings is 7. The maximum Gasteiger partial charge on any atom is 0.148 e. The van der Waals surface area contributed by atoms with Crippen molar-refractivity contribution in [3.63, 3.8) is 0 Å². The van der Waals surface area contributed by atoms with E-state index in [0.29, 0.717) is 33.7 Å². The van der Waals surface area contributed by atoms with Crippen molar-refractivity contribution < 1.29 is 33.0 Å². The number of aromatic hydroxyl groups is 1. The maximum absolute atomic E-state index is 12.7. The minimum Gasteiger partial charge on any atom is -0.507 e. The first-order chi connectivity index (χ1) is 35.8. The molecule has 0 aliphatic heterocycles. The molecule has 0 radical (unpaired) electrons. The van der Waals surface area contributed by atoms with Crippen LogP contribution in [0, 0.1) is 6.07 Å². The van der Waals surface area contributed by atoms with Crippen molar-refractivity contribution in [1.82, 2.24) is 14.5 Å². The van der Waals surface area contributed by atoms with E-state index in [1.165, 1.54) is 16.7 Å². The third-order valence-corrected chi connectivity index (χ3v) is 13.9. The van der Waals surface area contributed by atoms with Gasteiger partial charge in [0.2, 0.25) is 0 Å². The minimum absolute atomic E-state index is 0. The zero-order chi connectivity index (χ0) is 56.1. The zero-order valence-electron chi connectivity index (χ0n) is 50.2. The predicted octanol–water partition coefficient (Wildman–Crippen LogP) is 18.4. The number of nitrogens with zero attached hydrogens (tertiary/aromatic N) is 3. The second-order valence-electron chi connectivity index (χ2n) is 24.6. The van der Waals surface area contributed by atoms with E-state index >= 15 is 0 Å². The molecule has 0 aliphatic carbocycles. The number of fused-ring (bicyclic) bond motifs is 1. The fourth-order valence-electron chi connectivity index (χ4n) is 9.61. The van der Waals surface area contributed by atoms with Crippen LogP contribution in [0.5, 0.6) is 5.75 Å². The third-order valence-electron chi connectivity index (χ3n) is 13.9. The van der Waals surface area contributed by atoms with Crippen LogP contribution in [0.3, 0.4) is 0 Å². The summed E-state index contributed by atoms with van der Waals surface area (Å²) in [6, 6.07) is 44.0. The quantitative estimate of drug-likeness (QED) is 0.162. The average molecular weight is 1150 g/mol. The van der Waals surface area contributed by atoms with Gasteiger partial charge in [0.05, 0.1) is 29.1 Å². The van der Waals surface area contributed by atoms with E-state index in [1.54, 1.807) is 0 Å². The fourth-order valence-corrected chi connectivity index (χ4v) is 9.61. The Hall–Kier alpha value is -6.35. The van der Waals surface area contributed by atoms with E-state index in [-0.39, 0.29) is 66.1 Å². The van der Waals surface area contributed by atoms with Gasteiger partial charge in [-0.1, -0.05) is 224 Å². The molecule has 9 aromatic rings. The van der Waals surface area contributed by atoms with Gasteiger partial charge in [0, 0.05) is 44.1 Å². The molecule has 0 unspecified atom stereocenters. The summed E-state index contributed by atoms with van der Waals surface area (Å²) in [6.07, 6.45) is 1.86. The Balaban J connectivity index is 0.00000803. The largest absolute Gasteiger partial charge is 0.507 e. The van der Waals surface area contributed by atoms with E-state index in [2.05, 4.69) is 189 Å². The molecule has 0 aliphatic rings. The number of pyridine rings is 1. The molecule has 1 N–H and O–H groups in total. The Morgan fingerprint density at radius 3 is 1.71 bits per heavy atom. The number of aromatic nitrogens is 3. The number of rotatable bonds is 7. The van der Waals surface area contributed by atoms with E-state index < -0.39 is 23.5 Å². The minimum atomic E-state index is -0.462. The summed E-state index contributed by atoms with van der Waals surface area (Å²) < 4.78 is 46.8. The normalized spacial score (nSPS) is 13.5. The maximum atomic E-state index is 12.7. The van der Waals surface area contributed by atoms with Crippen LogP contribution in [-0.4, -0.2) is 19.6 Å². The van der Waals surface area contributed by atoms with Crippen LogP contribution < -0.4 is 0 Å². The molecule has 9 rings (SSSR count). The molecule has 73 heavy (non-hydrogen) atoms. The summed E-state index contributed by atoms with van der Waals surface area (Å²) in [4.78, 5) is 10.6. The van der Waals surface area contributed by atoms with Crippen molar-refractivity contribution >= 4 is 11.0 Å². The van der Waals surface area contributed by atoms with Crippen molar-refractivity contribution in [1.29, 1.82) is 0 Å². The molecule has 2 aromatic heterocycles. The summed E-state index contributed by atoms with van der Waals surface area (Å²) in [5.41, 5.74) is 14.3. The molecular formula is C68H72N3OPt-. The molecule has 0 spiro atoms. The number of imidazole rings is 1. The van der Waals surface area contributed by atoms with E-state index in [0.717, 1.165) is 55.8 Å². The predicted molar refractivity (Wildman–Crippen MR) is 305 cm³/mol. The molecule has 5 heteroatoms. The first kappa shape index (κ1) is 46.4. The smallest absolute Gasteiger partial charge is 0.148 e. The molecular weight excluding hydrogens is 1070 g/mol. The van der Waals surface area contributed by atoms with Crippen LogP contribution in [0.15, 0.2) is 158 Å². The van der Waals surface area contributed by atoms with Crippen molar-refractivity contribution in [2.75, 3.05) is 0 Å². The fraction of sp³-hybridized carbons (Fsp3) is 0.294. The van der Waals surface area contributed by atoms with Crippen molar-refractivity contribution in [2.45, 2.75) is 131 Å². The molecule has 0 amide bonds. The van der Waals surface area contributed by atoms with Gasteiger partial charge in [-0.25, -0.2) is 4.98 Å². The first-order valence-electron chi connectivity index (χ1n) is 27.7. The van der Waals surface area contributed by atoms with Crippen LogP contribution in [-0.2, 0) is 48.1 Å². The Morgan fingerprint density at radius 2 is 1.07 bits per heavy atom. The molecule has 2 heterocycles. The number of para-hydroxylation sites is 1. The van der Waals surface area contributed by atoms with Crippen LogP contribution >= 0.6 is 0 Å². The van der Waals surface area contributed by atoms with Gasteiger partial charge in [0.25, 0.3) is 0 Å². The summed E-state index contributed by atoms with van der Waals surface area (Å²) in [7, 11) is 0. The standard InChI is InChI=1S/C68H72N3O.Pt/c1-64(2,3)49-32-33-59(54(40-49)44-22-17-16-18-23-44)71-60-27-21-25-53(61(60)70-63(71)55-41-51(66(7,8)9)42-57(62(55)72)68(13,14)15)47-36-48(38-50(37-47)65(4,5)6)58-39-46(34-35-69-58)43-28-30-45(31-29-43)52-24-19-20-26-56(52)67(10,11)12;/h16-35,37-42,72H,1-15H3;/q-1;/i16D,17D,18D,22D,23D;. The Bertz CT molecular complexity index is 3750. The van der Waals surface area contributed by atoms with Crippen molar-refractivity contribution in [2.24, 2.45) is 0 Å². The van der Waals surface area contributed by atoms with Gasteiger partial charge < -0.3 is 5.11 Å². The third kappa shape index (κ3) is 10.7. The monoisotopic (exact) mass is 1150 g/mol. The topological polar surface area (TPSA) is 50.9 Å². The Morgan fingerprint density at radius 1 is 0.479 bits per heavy atom. The number of phenols is 1. The summed E-state index contributed by atoms with van der Waals surface area (Å²) >= 11 is 0. The van der Waals surface area contributed by atoms with Crippen LogP contribution in [0.4, 0.5) is 0 Å². The van der Waals surface area contributed by atoms with E-state index in [1.807, 2.05) is 53.2 Å². The summed E-state index contributed by atoms with van der Waals surface area (Å²) in [5.74, 6) is 0.534. The molecule has 0 saturated carbocycles. The number of hydrogen-bond acceptors (Lipinski definition) is 3. The first-order valence-corrected chi connectivity index (χ1v) is 25.2. The average Bonchev–Trinajstić information content (AvgIpc) is 3.91. The van der Waals surface area contributed by atoms with E-state index in [9.17, 15) is 7.85 Å². The van der Waals surface area contributed by atoms with Gasteiger partial charge in [-0.05, 0) is 102 Å².